The number of hydrogen-bond acceptors (Lipinski definition) is 6. The summed E-state index contributed by atoms with van der Waals surface area (Å²) in [4.78, 5) is 48.3. The molecule has 9 nitrogen and oxygen atoms in total. The number of rotatable bonds is 3. The van der Waals surface area contributed by atoms with Crippen LogP contribution in [-0.2, 0) is 9.59 Å². The zero-order valence-corrected chi connectivity index (χ0v) is 16.5. The van der Waals surface area contributed by atoms with Gasteiger partial charge in [0.2, 0.25) is 5.75 Å². The maximum absolute atomic E-state index is 12.8. The van der Waals surface area contributed by atoms with Gasteiger partial charge in [-0.2, -0.15) is 0 Å². The highest BCUT2D eigenvalue weighted by atomic mass is 127. The minimum Gasteiger partial charge on any atom is -0.501 e. The summed E-state index contributed by atoms with van der Waals surface area (Å²) < 4.78 is 0.175. The first-order valence-corrected chi connectivity index (χ1v) is 8.92. The molecule has 0 bridgehead atoms. The predicted octanol–water partition coefficient (Wildman–Crippen LogP) is 2.88. The van der Waals surface area contributed by atoms with Gasteiger partial charge >= 0.3 is 11.7 Å². The van der Waals surface area contributed by atoms with Crippen LogP contribution in [0.15, 0.2) is 42.0 Å². The molecular formula is C18H12IN3O6. The topological polar surface area (TPSA) is 130 Å². The summed E-state index contributed by atoms with van der Waals surface area (Å²) in [5.74, 6) is -2.28. The Hall–Kier alpha value is -3.28. The number of phenols is 1. The SMILES string of the molecule is Cc1ccc(N2C(=O)NC(=O)C(=Cc3cc(I)c(O)c([N+](=O)[O-])c3)C2=O)cc1. The molecule has 0 aliphatic carbocycles. The van der Waals surface area contributed by atoms with E-state index in [0.717, 1.165) is 22.6 Å². The first-order valence-electron chi connectivity index (χ1n) is 7.84. The van der Waals surface area contributed by atoms with Crippen molar-refractivity contribution in [2.75, 3.05) is 4.90 Å². The predicted molar refractivity (Wildman–Crippen MR) is 108 cm³/mol. The number of nitro benzene ring substituents is 1. The minimum atomic E-state index is -0.913. The lowest BCUT2D eigenvalue weighted by molar-refractivity contribution is -0.386. The number of phenolic OH excluding ortho intramolecular Hbond substituents is 1. The number of urea groups is 1. The standard InChI is InChI=1S/C18H12IN3O6/c1-9-2-4-11(5-3-9)21-17(25)12(16(24)20-18(21)26)6-10-7-13(19)15(23)14(8-10)22(27)28/h2-8,23H,1H3,(H,20,24,26). The highest BCUT2D eigenvalue weighted by Crippen LogP contribution is 2.33. The highest BCUT2D eigenvalue weighted by Gasteiger charge is 2.37. The number of hydrogen-bond donors (Lipinski definition) is 2. The Bertz CT molecular complexity index is 1060. The molecule has 10 heteroatoms. The lowest BCUT2D eigenvalue weighted by Gasteiger charge is -2.26. The molecule has 0 saturated carbocycles. The summed E-state index contributed by atoms with van der Waals surface area (Å²) in [5.41, 5.74) is 0.430. The van der Waals surface area contributed by atoms with Crippen LogP contribution in [0.3, 0.4) is 0 Å². The van der Waals surface area contributed by atoms with E-state index >= 15 is 0 Å². The molecule has 1 fully saturated rings. The van der Waals surface area contributed by atoms with Gasteiger partial charge in [-0.25, -0.2) is 9.69 Å². The molecule has 142 valence electrons. The number of barbiturate groups is 1. The highest BCUT2D eigenvalue weighted by molar-refractivity contribution is 14.1. The number of aromatic hydroxyl groups is 1. The van der Waals surface area contributed by atoms with Gasteiger partial charge in [0.15, 0.2) is 0 Å². The Morgan fingerprint density at radius 3 is 2.43 bits per heavy atom. The van der Waals surface area contributed by atoms with Crippen LogP contribution in [0.1, 0.15) is 11.1 Å². The minimum absolute atomic E-state index is 0.158. The van der Waals surface area contributed by atoms with E-state index in [9.17, 15) is 29.6 Å². The molecule has 0 spiro atoms. The van der Waals surface area contributed by atoms with Gasteiger partial charge in [0.05, 0.1) is 14.2 Å². The summed E-state index contributed by atoms with van der Waals surface area (Å²) in [5, 5.41) is 22.9. The Labute approximate surface area is 171 Å². The van der Waals surface area contributed by atoms with Crippen molar-refractivity contribution in [3.8, 4) is 5.75 Å². The molecule has 28 heavy (non-hydrogen) atoms. The fraction of sp³-hybridized carbons (Fsp3) is 0.0556. The molecule has 1 heterocycles. The maximum atomic E-state index is 12.8. The average Bonchev–Trinajstić information content (AvgIpc) is 2.62. The molecule has 0 aromatic heterocycles. The van der Waals surface area contributed by atoms with Crippen LogP contribution in [-0.4, -0.2) is 27.9 Å². The van der Waals surface area contributed by atoms with Crippen LogP contribution in [0.4, 0.5) is 16.2 Å². The molecule has 0 atom stereocenters. The van der Waals surface area contributed by atoms with Crippen molar-refractivity contribution < 1.29 is 24.4 Å². The summed E-state index contributed by atoms with van der Waals surface area (Å²) >= 11 is 1.70. The maximum Gasteiger partial charge on any atom is 0.335 e. The molecule has 0 unspecified atom stereocenters. The fourth-order valence-corrected chi connectivity index (χ4v) is 3.22. The van der Waals surface area contributed by atoms with Gasteiger partial charge in [-0.3, -0.25) is 25.0 Å². The van der Waals surface area contributed by atoms with E-state index in [4.69, 9.17) is 0 Å². The number of anilines is 1. The number of nitrogens with one attached hydrogen (secondary N) is 1. The number of nitro groups is 1. The lowest BCUT2D eigenvalue weighted by Crippen LogP contribution is -2.54. The van der Waals surface area contributed by atoms with E-state index in [1.807, 2.05) is 6.92 Å². The van der Waals surface area contributed by atoms with E-state index in [0.29, 0.717) is 0 Å². The largest absolute Gasteiger partial charge is 0.501 e. The Kier molecular flexibility index (Phi) is 5.14. The second-order valence-electron chi connectivity index (χ2n) is 5.92. The number of carbonyl (C=O) groups is 3. The molecule has 2 aromatic carbocycles. The van der Waals surface area contributed by atoms with Crippen molar-refractivity contribution in [3.63, 3.8) is 0 Å². The summed E-state index contributed by atoms with van der Waals surface area (Å²) in [6, 6.07) is 8.08. The molecule has 2 N–H and O–H groups in total. The van der Waals surface area contributed by atoms with Crippen LogP contribution in [0.25, 0.3) is 6.08 Å². The number of carbonyl (C=O) groups excluding carboxylic acids is 3. The van der Waals surface area contributed by atoms with Crippen molar-refractivity contribution in [2.24, 2.45) is 0 Å². The molecule has 4 amide bonds. The van der Waals surface area contributed by atoms with E-state index in [1.54, 1.807) is 46.9 Å². The van der Waals surface area contributed by atoms with Gasteiger partial charge in [-0.15, -0.1) is 0 Å². The molecule has 1 aliphatic heterocycles. The first-order chi connectivity index (χ1) is 13.2. The van der Waals surface area contributed by atoms with Crippen LogP contribution in [0, 0.1) is 20.6 Å². The van der Waals surface area contributed by atoms with E-state index in [-0.39, 0.29) is 20.4 Å². The number of amides is 4. The molecular weight excluding hydrogens is 481 g/mol. The number of aryl methyl sites for hydroxylation is 1. The monoisotopic (exact) mass is 493 g/mol. The third kappa shape index (κ3) is 3.58. The van der Waals surface area contributed by atoms with Gasteiger partial charge in [0, 0.05) is 6.07 Å². The van der Waals surface area contributed by atoms with Crippen LogP contribution in [0.2, 0.25) is 0 Å². The Morgan fingerprint density at radius 1 is 1.18 bits per heavy atom. The van der Waals surface area contributed by atoms with Crippen LogP contribution in [0.5, 0.6) is 5.75 Å². The third-order valence-corrected chi connectivity index (χ3v) is 4.79. The Balaban J connectivity index is 2.07. The third-order valence-electron chi connectivity index (χ3n) is 3.97. The normalized spacial score (nSPS) is 15.7. The summed E-state index contributed by atoms with van der Waals surface area (Å²) in [6.45, 7) is 1.84. The first kappa shape index (κ1) is 19.5. The summed E-state index contributed by atoms with van der Waals surface area (Å²) in [7, 11) is 0. The number of imide groups is 2. The van der Waals surface area contributed by atoms with Crippen molar-refractivity contribution in [3.05, 3.63) is 66.8 Å². The smallest absolute Gasteiger partial charge is 0.335 e. The Morgan fingerprint density at radius 2 is 1.82 bits per heavy atom. The number of halogens is 1. The second kappa shape index (κ2) is 7.38. The van der Waals surface area contributed by atoms with Crippen molar-refractivity contribution in [1.82, 2.24) is 5.32 Å². The molecule has 0 radical (unpaired) electrons. The van der Waals surface area contributed by atoms with E-state index in [2.05, 4.69) is 5.32 Å². The van der Waals surface area contributed by atoms with Gasteiger partial charge in [0.1, 0.15) is 5.57 Å². The quantitative estimate of drug-likeness (QED) is 0.223. The van der Waals surface area contributed by atoms with Gasteiger partial charge in [-0.1, -0.05) is 17.7 Å². The van der Waals surface area contributed by atoms with Gasteiger partial charge in [-0.05, 0) is 59.4 Å². The summed E-state index contributed by atoms with van der Waals surface area (Å²) in [6.07, 6.45) is 1.14. The number of benzene rings is 2. The van der Waals surface area contributed by atoms with E-state index in [1.165, 1.54) is 6.07 Å². The molecule has 2 aromatic rings. The van der Waals surface area contributed by atoms with Gasteiger partial charge in [0.25, 0.3) is 11.8 Å². The molecule has 1 aliphatic rings. The van der Waals surface area contributed by atoms with E-state index < -0.39 is 34.2 Å². The van der Waals surface area contributed by atoms with Gasteiger partial charge < -0.3 is 5.11 Å². The second-order valence-corrected chi connectivity index (χ2v) is 7.08. The zero-order valence-electron chi connectivity index (χ0n) is 14.3. The van der Waals surface area contributed by atoms with Crippen molar-refractivity contribution in [2.45, 2.75) is 6.92 Å². The lowest BCUT2D eigenvalue weighted by atomic mass is 10.1. The number of nitrogens with zero attached hydrogens (tertiary/aromatic N) is 2. The molecule has 3 rings (SSSR count). The van der Waals surface area contributed by atoms with Crippen molar-refractivity contribution >= 4 is 57.9 Å². The van der Waals surface area contributed by atoms with Crippen LogP contribution >= 0.6 is 22.6 Å². The van der Waals surface area contributed by atoms with Crippen LogP contribution < -0.4 is 10.2 Å². The zero-order chi connectivity index (χ0) is 20.6. The van der Waals surface area contributed by atoms with Crippen molar-refractivity contribution in [1.29, 1.82) is 0 Å². The molecule has 1 saturated heterocycles. The fourth-order valence-electron chi connectivity index (χ4n) is 2.58. The average molecular weight is 493 g/mol.